The van der Waals surface area contributed by atoms with Gasteiger partial charge in [-0.05, 0) is 109 Å². The van der Waals surface area contributed by atoms with E-state index in [4.69, 9.17) is 14.2 Å². The second kappa shape index (κ2) is 51.2. The molecule has 0 N–H and O–H groups in total. The summed E-state index contributed by atoms with van der Waals surface area (Å²) in [7, 11) is 0. The van der Waals surface area contributed by atoms with E-state index in [1.165, 1.54) is 64.2 Å². The second-order valence-electron chi connectivity index (χ2n) is 17.1. The number of esters is 3. The van der Waals surface area contributed by atoms with Crippen molar-refractivity contribution in [1.82, 2.24) is 0 Å². The first-order chi connectivity index (χ1) is 31.0. The first kappa shape index (κ1) is 59.6. The molecule has 0 aliphatic rings. The van der Waals surface area contributed by atoms with Crippen molar-refractivity contribution in [2.45, 2.75) is 245 Å². The van der Waals surface area contributed by atoms with Gasteiger partial charge >= 0.3 is 17.9 Å². The smallest absolute Gasteiger partial charge is 0.306 e. The van der Waals surface area contributed by atoms with E-state index >= 15 is 0 Å². The molecule has 0 fully saturated rings. The molecule has 0 spiro atoms. The van der Waals surface area contributed by atoms with Crippen LogP contribution < -0.4 is 0 Å². The largest absolute Gasteiger partial charge is 0.462 e. The molecule has 6 heteroatoms. The minimum atomic E-state index is -0.799. The molecule has 6 nitrogen and oxygen atoms in total. The molecule has 360 valence electrons. The number of carbonyl (C=O) groups excluding carboxylic acids is 3. The highest BCUT2D eigenvalue weighted by molar-refractivity contribution is 5.71. The average Bonchev–Trinajstić information content (AvgIpc) is 3.28. The number of hydrogen-bond acceptors (Lipinski definition) is 6. The quantitative estimate of drug-likeness (QED) is 0.0262. The van der Waals surface area contributed by atoms with Crippen LogP contribution in [0.25, 0.3) is 0 Å². The molecule has 0 aliphatic heterocycles. The molecule has 0 aromatic rings. The Kier molecular flexibility index (Phi) is 48.5. The number of rotatable bonds is 46. The summed E-state index contributed by atoms with van der Waals surface area (Å²) in [6.45, 7) is 6.48. The highest BCUT2D eigenvalue weighted by atomic mass is 16.6. The van der Waals surface area contributed by atoms with Gasteiger partial charge in [-0.1, -0.05) is 196 Å². The maximum absolute atomic E-state index is 12.8. The Bertz CT molecular complexity index is 1240. The van der Waals surface area contributed by atoms with E-state index in [0.717, 1.165) is 135 Å². The second-order valence-corrected chi connectivity index (χ2v) is 17.1. The van der Waals surface area contributed by atoms with Gasteiger partial charge in [0.1, 0.15) is 13.2 Å². The van der Waals surface area contributed by atoms with Crippen molar-refractivity contribution < 1.29 is 28.6 Å². The standard InChI is InChI=1S/C57H96O6/c1-4-7-10-13-16-19-22-25-28-29-30-33-35-38-41-44-47-50-56(59)62-53-54(63-57(60)51-48-45-42-39-36-32-27-24-21-18-15-12-9-6-3)52-61-55(58)49-46-43-40-37-34-31-26-23-20-17-14-11-8-5-2/h14-19,23-28,30,33,54H,4-13,20-22,29,31-32,34-53H2,1-3H3/b17-14+,18-15+,19-16+,26-23+,27-24+,28-25+,33-30+/t54-/m1/s1. The van der Waals surface area contributed by atoms with E-state index in [0.29, 0.717) is 19.3 Å². The number of carbonyl (C=O) groups is 3. The lowest BCUT2D eigenvalue weighted by molar-refractivity contribution is -0.167. The monoisotopic (exact) mass is 877 g/mol. The number of hydrogen-bond donors (Lipinski definition) is 0. The Morgan fingerprint density at radius 1 is 0.317 bits per heavy atom. The molecular formula is C57H96O6. The first-order valence-electron chi connectivity index (χ1n) is 26.1. The fourth-order valence-corrected chi connectivity index (χ4v) is 6.83. The van der Waals surface area contributed by atoms with Gasteiger partial charge in [-0.2, -0.15) is 0 Å². The zero-order valence-electron chi connectivity index (χ0n) is 41.1. The van der Waals surface area contributed by atoms with E-state index in [-0.39, 0.29) is 31.1 Å². The Hall–Kier alpha value is -3.41. The average molecular weight is 877 g/mol. The van der Waals surface area contributed by atoms with Gasteiger partial charge in [0.15, 0.2) is 6.10 Å². The number of unbranched alkanes of at least 4 members (excludes halogenated alkanes) is 21. The summed E-state index contributed by atoms with van der Waals surface area (Å²) in [6, 6.07) is 0. The molecule has 0 heterocycles. The molecule has 0 aliphatic carbocycles. The van der Waals surface area contributed by atoms with Crippen molar-refractivity contribution in [1.29, 1.82) is 0 Å². The molecule has 1 atom stereocenters. The van der Waals surface area contributed by atoms with Crippen LogP contribution in [-0.2, 0) is 28.6 Å². The lowest BCUT2D eigenvalue weighted by atomic mass is 10.1. The lowest BCUT2D eigenvalue weighted by Crippen LogP contribution is -2.30. The first-order valence-corrected chi connectivity index (χ1v) is 26.1. The third kappa shape index (κ3) is 49.5. The molecule has 0 radical (unpaired) electrons. The lowest BCUT2D eigenvalue weighted by Gasteiger charge is -2.18. The van der Waals surface area contributed by atoms with E-state index in [1.807, 2.05) is 0 Å². The van der Waals surface area contributed by atoms with Crippen LogP contribution >= 0.6 is 0 Å². The van der Waals surface area contributed by atoms with Crippen LogP contribution in [0.1, 0.15) is 239 Å². The van der Waals surface area contributed by atoms with Gasteiger partial charge in [-0.25, -0.2) is 0 Å². The summed E-state index contributed by atoms with van der Waals surface area (Å²) >= 11 is 0. The number of ether oxygens (including phenoxy) is 3. The minimum absolute atomic E-state index is 0.0977. The molecule has 0 bridgehead atoms. The normalized spacial score (nSPS) is 12.7. The van der Waals surface area contributed by atoms with Gasteiger partial charge in [0.2, 0.25) is 0 Å². The molecule has 0 rings (SSSR count). The zero-order valence-corrected chi connectivity index (χ0v) is 41.1. The Balaban J connectivity index is 4.47. The highest BCUT2D eigenvalue weighted by Crippen LogP contribution is 2.13. The van der Waals surface area contributed by atoms with Gasteiger partial charge in [-0.3, -0.25) is 14.4 Å². The van der Waals surface area contributed by atoms with Crippen LogP contribution in [0.15, 0.2) is 85.1 Å². The maximum atomic E-state index is 12.8. The summed E-state index contributed by atoms with van der Waals surface area (Å²) in [5.74, 6) is -0.948. The number of allylic oxidation sites excluding steroid dienone is 14. The van der Waals surface area contributed by atoms with Gasteiger partial charge in [0.25, 0.3) is 0 Å². The van der Waals surface area contributed by atoms with Gasteiger partial charge in [0, 0.05) is 19.3 Å². The maximum Gasteiger partial charge on any atom is 0.306 e. The summed E-state index contributed by atoms with van der Waals surface area (Å²) in [4.78, 5) is 38.0. The van der Waals surface area contributed by atoms with Crippen molar-refractivity contribution in [3.05, 3.63) is 85.1 Å². The van der Waals surface area contributed by atoms with Crippen molar-refractivity contribution in [2.75, 3.05) is 13.2 Å². The molecule has 0 saturated heterocycles. The molecular weight excluding hydrogens is 781 g/mol. The Labute approximate surface area is 388 Å². The fraction of sp³-hybridized carbons (Fsp3) is 0.702. The van der Waals surface area contributed by atoms with E-state index in [9.17, 15) is 14.4 Å². The van der Waals surface area contributed by atoms with Gasteiger partial charge in [-0.15, -0.1) is 0 Å². The van der Waals surface area contributed by atoms with Crippen LogP contribution in [0, 0.1) is 0 Å². The molecule has 63 heavy (non-hydrogen) atoms. The Morgan fingerprint density at radius 3 is 0.937 bits per heavy atom. The van der Waals surface area contributed by atoms with E-state index in [1.54, 1.807) is 0 Å². The summed E-state index contributed by atoms with van der Waals surface area (Å²) in [5, 5.41) is 0. The van der Waals surface area contributed by atoms with E-state index < -0.39 is 6.10 Å². The third-order valence-corrected chi connectivity index (χ3v) is 10.8. The topological polar surface area (TPSA) is 78.9 Å². The highest BCUT2D eigenvalue weighted by Gasteiger charge is 2.19. The molecule has 0 aromatic carbocycles. The zero-order chi connectivity index (χ0) is 45.8. The fourth-order valence-electron chi connectivity index (χ4n) is 6.83. The van der Waals surface area contributed by atoms with Crippen molar-refractivity contribution >= 4 is 17.9 Å². The van der Waals surface area contributed by atoms with E-state index in [2.05, 4.69) is 106 Å². The van der Waals surface area contributed by atoms with Crippen LogP contribution in [-0.4, -0.2) is 37.2 Å². The molecule has 0 amide bonds. The van der Waals surface area contributed by atoms with Crippen LogP contribution in [0.3, 0.4) is 0 Å². The van der Waals surface area contributed by atoms with Crippen molar-refractivity contribution in [2.24, 2.45) is 0 Å². The van der Waals surface area contributed by atoms with Gasteiger partial charge in [0.05, 0.1) is 0 Å². The SMILES string of the molecule is CCCC/C=C/C/C=C/CCCCCCCC(=O)OC[C@H](COC(=O)CCCCCC/C=C/C/C=C/C/C=C/CCCCC)OC(=O)CCCCCCC/C=C/C/C=C/CCCC. The van der Waals surface area contributed by atoms with Crippen LogP contribution in [0.2, 0.25) is 0 Å². The molecule has 0 aromatic heterocycles. The third-order valence-electron chi connectivity index (χ3n) is 10.8. The minimum Gasteiger partial charge on any atom is -0.462 e. The summed E-state index contributed by atoms with van der Waals surface area (Å²) < 4.78 is 16.8. The molecule has 0 saturated carbocycles. The van der Waals surface area contributed by atoms with Crippen molar-refractivity contribution in [3.8, 4) is 0 Å². The van der Waals surface area contributed by atoms with Crippen LogP contribution in [0.5, 0.6) is 0 Å². The van der Waals surface area contributed by atoms with Crippen LogP contribution in [0.4, 0.5) is 0 Å². The summed E-state index contributed by atoms with van der Waals surface area (Å²) in [5.41, 5.74) is 0. The van der Waals surface area contributed by atoms with Gasteiger partial charge < -0.3 is 14.2 Å². The Morgan fingerprint density at radius 2 is 0.587 bits per heavy atom. The predicted molar refractivity (Wildman–Crippen MR) is 270 cm³/mol. The molecule has 0 unspecified atom stereocenters. The van der Waals surface area contributed by atoms with Crippen molar-refractivity contribution in [3.63, 3.8) is 0 Å². The summed E-state index contributed by atoms with van der Waals surface area (Å²) in [6.07, 6.45) is 65.6. The predicted octanol–water partition coefficient (Wildman–Crippen LogP) is 17.2.